The minimum atomic E-state index is 0.320. The Morgan fingerprint density at radius 3 is 2.42 bits per heavy atom. The average molecular weight is 172 g/mol. The summed E-state index contributed by atoms with van der Waals surface area (Å²) >= 11 is 0. The quantitative estimate of drug-likeness (QED) is 0.355. The summed E-state index contributed by atoms with van der Waals surface area (Å²) in [6.07, 6.45) is 6.19. The van der Waals surface area contributed by atoms with Crippen LogP contribution in [0.5, 0.6) is 0 Å². The molecule has 0 spiro atoms. The molecule has 12 heavy (non-hydrogen) atoms. The maximum Gasteiger partial charge on any atom is 0.0844 e. The minimum Gasteiger partial charge on any atom is -0.396 e. The molecule has 3 heteroatoms. The fourth-order valence-electron chi connectivity index (χ4n) is 0.889. The zero-order valence-electron chi connectivity index (χ0n) is 8.16. The molecule has 0 aliphatic heterocycles. The number of aliphatic hydroxyl groups excluding tert-OH is 1. The summed E-state index contributed by atoms with van der Waals surface area (Å²) in [7, 11) is 3.94. The van der Waals surface area contributed by atoms with E-state index in [1.165, 1.54) is 6.42 Å². The van der Waals surface area contributed by atoms with Crippen LogP contribution >= 0.6 is 0 Å². The largest absolute Gasteiger partial charge is 0.396 e. The number of rotatable bonds is 7. The maximum absolute atomic E-state index is 8.51. The monoisotopic (exact) mass is 172 g/mol. The van der Waals surface area contributed by atoms with E-state index in [1.807, 2.05) is 25.3 Å². The number of nitrogens with zero attached hydrogens (tertiary/aromatic N) is 2. The van der Waals surface area contributed by atoms with Gasteiger partial charge in [0, 0.05) is 27.2 Å². The van der Waals surface area contributed by atoms with E-state index in [0.29, 0.717) is 6.61 Å². The van der Waals surface area contributed by atoms with Gasteiger partial charge in [0.2, 0.25) is 0 Å². The Balaban J connectivity index is 3.00. The zero-order valence-corrected chi connectivity index (χ0v) is 8.16. The molecule has 3 nitrogen and oxygen atoms in total. The molecule has 0 fully saturated rings. The highest BCUT2D eigenvalue weighted by atomic mass is 16.2. The minimum absolute atomic E-state index is 0.320. The van der Waals surface area contributed by atoms with Gasteiger partial charge in [-0.2, -0.15) is 0 Å². The Morgan fingerprint density at radius 1 is 1.17 bits per heavy atom. The molecule has 0 rings (SSSR count). The SMILES string of the molecule is CN(C)C=NCCCCCCO. The van der Waals surface area contributed by atoms with Crippen LogP contribution in [0.2, 0.25) is 0 Å². The average Bonchev–Trinajstić information content (AvgIpc) is 2.02. The summed E-state index contributed by atoms with van der Waals surface area (Å²) < 4.78 is 0. The van der Waals surface area contributed by atoms with Crippen LogP contribution in [-0.2, 0) is 0 Å². The third kappa shape index (κ3) is 9.43. The number of aliphatic hydroxyl groups is 1. The van der Waals surface area contributed by atoms with Gasteiger partial charge in [-0.05, 0) is 12.8 Å². The van der Waals surface area contributed by atoms with E-state index >= 15 is 0 Å². The van der Waals surface area contributed by atoms with E-state index < -0.39 is 0 Å². The highest BCUT2D eigenvalue weighted by molar-refractivity contribution is 5.53. The van der Waals surface area contributed by atoms with E-state index in [0.717, 1.165) is 25.8 Å². The van der Waals surface area contributed by atoms with Gasteiger partial charge in [-0.25, -0.2) is 0 Å². The fourth-order valence-corrected chi connectivity index (χ4v) is 0.889. The first-order valence-electron chi connectivity index (χ1n) is 4.54. The molecule has 0 bridgehead atoms. The van der Waals surface area contributed by atoms with Gasteiger partial charge in [-0.15, -0.1) is 0 Å². The van der Waals surface area contributed by atoms with E-state index in [2.05, 4.69) is 4.99 Å². The lowest BCUT2D eigenvalue weighted by Gasteiger charge is -2.01. The van der Waals surface area contributed by atoms with Crippen molar-refractivity contribution in [1.82, 2.24) is 4.90 Å². The Bertz CT molecular complexity index is 113. The molecular formula is C9H20N2O. The van der Waals surface area contributed by atoms with E-state index in [4.69, 9.17) is 5.11 Å². The van der Waals surface area contributed by atoms with Crippen molar-refractivity contribution in [2.75, 3.05) is 27.2 Å². The van der Waals surface area contributed by atoms with E-state index in [-0.39, 0.29) is 0 Å². The van der Waals surface area contributed by atoms with Gasteiger partial charge in [0.05, 0.1) is 6.34 Å². The lowest BCUT2D eigenvalue weighted by atomic mass is 10.2. The molecule has 72 valence electrons. The number of unbranched alkanes of at least 4 members (excludes halogenated alkanes) is 3. The van der Waals surface area contributed by atoms with Crippen molar-refractivity contribution in [1.29, 1.82) is 0 Å². The summed E-state index contributed by atoms with van der Waals surface area (Å²) in [5, 5.41) is 8.51. The molecule has 0 atom stereocenters. The number of hydrogen-bond acceptors (Lipinski definition) is 2. The topological polar surface area (TPSA) is 35.8 Å². The molecule has 0 aromatic heterocycles. The van der Waals surface area contributed by atoms with Crippen LogP contribution in [-0.4, -0.2) is 43.6 Å². The highest BCUT2D eigenvalue weighted by Gasteiger charge is 1.87. The van der Waals surface area contributed by atoms with E-state index in [9.17, 15) is 0 Å². The first-order valence-corrected chi connectivity index (χ1v) is 4.54. The standard InChI is InChI=1S/C9H20N2O/c1-11(2)9-10-7-5-3-4-6-8-12/h9,12H,3-8H2,1-2H3. The van der Waals surface area contributed by atoms with Crippen molar-refractivity contribution in [3.05, 3.63) is 0 Å². The molecule has 1 N–H and O–H groups in total. The van der Waals surface area contributed by atoms with Gasteiger partial charge in [0.1, 0.15) is 0 Å². The van der Waals surface area contributed by atoms with Crippen molar-refractivity contribution in [2.45, 2.75) is 25.7 Å². The first kappa shape index (κ1) is 11.4. The molecule has 0 aromatic rings. The smallest absolute Gasteiger partial charge is 0.0844 e. The molecule has 0 aliphatic rings. The predicted molar refractivity (Wildman–Crippen MR) is 52.6 cm³/mol. The van der Waals surface area contributed by atoms with E-state index in [1.54, 1.807) is 0 Å². The Morgan fingerprint density at radius 2 is 1.83 bits per heavy atom. The van der Waals surface area contributed by atoms with Crippen LogP contribution in [0.1, 0.15) is 25.7 Å². The molecule has 0 saturated heterocycles. The third-order valence-corrected chi connectivity index (χ3v) is 1.51. The van der Waals surface area contributed by atoms with Gasteiger partial charge in [-0.3, -0.25) is 4.99 Å². The van der Waals surface area contributed by atoms with Crippen LogP contribution in [0, 0.1) is 0 Å². The van der Waals surface area contributed by atoms with Gasteiger partial charge < -0.3 is 10.0 Å². The summed E-state index contributed by atoms with van der Waals surface area (Å²) in [6, 6.07) is 0. The summed E-state index contributed by atoms with van der Waals surface area (Å²) in [6.45, 7) is 1.23. The fraction of sp³-hybridized carbons (Fsp3) is 0.889. The van der Waals surface area contributed by atoms with Crippen molar-refractivity contribution < 1.29 is 5.11 Å². The summed E-state index contributed by atoms with van der Waals surface area (Å²) in [4.78, 5) is 6.15. The van der Waals surface area contributed by atoms with Crippen molar-refractivity contribution in [2.24, 2.45) is 4.99 Å². The Labute approximate surface area is 75.1 Å². The molecule has 0 aromatic carbocycles. The molecule has 0 unspecified atom stereocenters. The Kier molecular flexibility index (Phi) is 8.12. The van der Waals surface area contributed by atoms with Gasteiger partial charge in [-0.1, -0.05) is 12.8 Å². The maximum atomic E-state index is 8.51. The molecule has 0 amide bonds. The lowest BCUT2D eigenvalue weighted by Crippen LogP contribution is -2.07. The van der Waals surface area contributed by atoms with Crippen LogP contribution in [0.3, 0.4) is 0 Å². The Hall–Kier alpha value is -0.570. The highest BCUT2D eigenvalue weighted by Crippen LogP contribution is 1.98. The second-order valence-electron chi connectivity index (χ2n) is 3.12. The molecule has 0 heterocycles. The van der Waals surface area contributed by atoms with Crippen LogP contribution < -0.4 is 0 Å². The van der Waals surface area contributed by atoms with Crippen molar-refractivity contribution in [3.8, 4) is 0 Å². The molecular weight excluding hydrogens is 152 g/mol. The van der Waals surface area contributed by atoms with Gasteiger partial charge in [0.15, 0.2) is 0 Å². The second-order valence-corrected chi connectivity index (χ2v) is 3.12. The predicted octanol–water partition coefficient (Wildman–Crippen LogP) is 1.13. The van der Waals surface area contributed by atoms with Crippen molar-refractivity contribution >= 4 is 6.34 Å². The normalized spacial score (nSPS) is 10.9. The van der Waals surface area contributed by atoms with Gasteiger partial charge in [0.25, 0.3) is 0 Å². The zero-order chi connectivity index (χ0) is 9.23. The second kappa shape index (κ2) is 8.53. The number of aliphatic imine (C=N–C) groups is 1. The summed E-state index contributed by atoms with van der Waals surface area (Å²) in [5.74, 6) is 0. The van der Waals surface area contributed by atoms with Crippen LogP contribution in [0.15, 0.2) is 4.99 Å². The van der Waals surface area contributed by atoms with Crippen molar-refractivity contribution in [3.63, 3.8) is 0 Å². The van der Waals surface area contributed by atoms with Gasteiger partial charge >= 0.3 is 0 Å². The van der Waals surface area contributed by atoms with Crippen LogP contribution in [0.4, 0.5) is 0 Å². The lowest BCUT2D eigenvalue weighted by molar-refractivity contribution is 0.282. The number of hydrogen-bond donors (Lipinski definition) is 1. The molecule has 0 saturated carbocycles. The third-order valence-electron chi connectivity index (χ3n) is 1.51. The first-order chi connectivity index (χ1) is 5.77. The molecule has 0 radical (unpaired) electrons. The molecule has 0 aliphatic carbocycles. The van der Waals surface area contributed by atoms with Crippen LogP contribution in [0.25, 0.3) is 0 Å². The summed E-state index contributed by atoms with van der Waals surface area (Å²) in [5.41, 5.74) is 0.